The standard InChI is InChI=1S/C21H24N6O2S/c1-3-14-10-15(22)11-17(14)20-25-24-19-12-23-21-18(27(19)20)8-9-26(21)30(28,29)16-6-4-13(2)5-7-16/h4-9,12,14-15,17H,3,10-11,22H2,1-2H3/t14-,15+,17+/m1/s1. The van der Waals surface area contributed by atoms with Gasteiger partial charge in [-0.15, -0.1) is 10.2 Å². The number of rotatable bonds is 4. The summed E-state index contributed by atoms with van der Waals surface area (Å²) in [5.74, 6) is 1.47. The minimum atomic E-state index is -3.77. The molecule has 8 nitrogen and oxygen atoms in total. The van der Waals surface area contributed by atoms with Crippen molar-refractivity contribution in [2.75, 3.05) is 0 Å². The molecule has 0 radical (unpaired) electrons. The van der Waals surface area contributed by atoms with E-state index in [1.807, 2.05) is 11.3 Å². The van der Waals surface area contributed by atoms with E-state index < -0.39 is 10.0 Å². The Labute approximate surface area is 174 Å². The fourth-order valence-electron chi connectivity index (χ4n) is 4.65. The normalized spacial score (nSPS) is 22.3. The first-order valence-electron chi connectivity index (χ1n) is 10.2. The van der Waals surface area contributed by atoms with Crippen molar-refractivity contribution in [1.82, 2.24) is 23.6 Å². The molecule has 3 heterocycles. The van der Waals surface area contributed by atoms with Crippen LogP contribution in [-0.4, -0.2) is 38.0 Å². The molecule has 1 aliphatic rings. The second-order valence-corrected chi connectivity index (χ2v) is 9.97. The lowest BCUT2D eigenvalue weighted by Crippen LogP contribution is -2.15. The van der Waals surface area contributed by atoms with Crippen molar-refractivity contribution in [2.24, 2.45) is 11.7 Å². The van der Waals surface area contributed by atoms with E-state index in [0.29, 0.717) is 22.7 Å². The maximum absolute atomic E-state index is 13.2. The van der Waals surface area contributed by atoms with Crippen molar-refractivity contribution < 1.29 is 8.42 Å². The van der Waals surface area contributed by atoms with Crippen molar-refractivity contribution in [3.63, 3.8) is 0 Å². The first kappa shape index (κ1) is 19.2. The number of hydrogen-bond acceptors (Lipinski definition) is 6. The lowest BCUT2D eigenvalue weighted by molar-refractivity contribution is 0.450. The van der Waals surface area contributed by atoms with Gasteiger partial charge in [0.1, 0.15) is 5.82 Å². The zero-order valence-electron chi connectivity index (χ0n) is 16.9. The van der Waals surface area contributed by atoms with Crippen LogP contribution in [0.2, 0.25) is 0 Å². The number of aromatic nitrogens is 5. The molecule has 0 amide bonds. The minimum Gasteiger partial charge on any atom is -0.328 e. The summed E-state index contributed by atoms with van der Waals surface area (Å²) in [6.45, 7) is 4.09. The Hall–Kier alpha value is -2.78. The van der Waals surface area contributed by atoms with Gasteiger partial charge in [-0.05, 0) is 43.9 Å². The quantitative estimate of drug-likeness (QED) is 0.540. The molecule has 156 valence electrons. The summed E-state index contributed by atoms with van der Waals surface area (Å²) in [5.41, 5.74) is 8.89. The minimum absolute atomic E-state index is 0.149. The van der Waals surface area contributed by atoms with Crippen LogP contribution in [0.3, 0.4) is 0 Å². The number of fused-ring (bicyclic) bond motifs is 3. The van der Waals surface area contributed by atoms with Gasteiger partial charge in [0, 0.05) is 18.2 Å². The van der Waals surface area contributed by atoms with Gasteiger partial charge in [0.2, 0.25) is 0 Å². The Morgan fingerprint density at radius 3 is 2.63 bits per heavy atom. The van der Waals surface area contributed by atoms with Crippen molar-refractivity contribution in [3.8, 4) is 0 Å². The molecule has 0 saturated heterocycles. The molecule has 0 aliphatic heterocycles. The third-order valence-corrected chi connectivity index (χ3v) is 7.91. The topological polar surface area (TPSA) is 108 Å². The number of aryl methyl sites for hydroxylation is 1. The summed E-state index contributed by atoms with van der Waals surface area (Å²) < 4.78 is 29.7. The van der Waals surface area contributed by atoms with Crippen LogP contribution in [0.5, 0.6) is 0 Å². The average Bonchev–Trinajstić information content (AvgIpc) is 3.43. The summed E-state index contributed by atoms with van der Waals surface area (Å²) >= 11 is 0. The molecule has 30 heavy (non-hydrogen) atoms. The van der Waals surface area contributed by atoms with Gasteiger partial charge in [-0.1, -0.05) is 31.0 Å². The van der Waals surface area contributed by atoms with Crippen LogP contribution < -0.4 is 5.73 Å². The molecule has 1 aliphatic carbocycles. The monoisotopic (exact) mass is 424 g/mol. The van der Waals surface area contributed by atoms with E-state index in [9.17, 15) is 8.42 Å². The molecule has 9 heteroatoms. The summed E-state index contributed by atoms with van der Waals surface area (Å²) in [4.78, 5) is 4.63. The van der Waals surface area contributed by atoms with Crippen molar-refractivity contribution >= 4 is 26.8 Å². The van der Waals surface area contributed by atoms with Crippen LogP contribution in [0.4, 0.5) is 0 Å². The van der Waals surface area contributed by atoms with E-state index in [-0.39, 0.29) is 16.9 Å². The van der Waals surface area contributed by atoms with Crippen LogP contribution in [0.1, 0.15) is 43.5 Å². The Balaban J connectivity index is 1.69. The molecule has 0 spiro atoms. The Morgan fingerprint density at radius 2 is 1.90 bits per heavy atom. The molecular weight excluding hydrogens is 400 g/mol. The first-order valence-corrected chi connectivity index (χ1v) is 11.6. The zero-order valence-corrected chi connectivity index (χ0v) is 17.7. The maximum atomic E-state index is 13.2. The molecule has 1 aromatic carbocycles. The van der Waals surface area contributed by atoms with Crippen LogP contribution in [0, 0.1) is 12.8 Å². The summed E-state index contributed by atoms with van der Waals surface area (Å²) in [5, 5.41) is 8.76. The van der Waals surface area contributed by atoms with Gasteiger partial charge in [-0.3, -0.25) is 4.40 Å². The molecular formula is C21H24N6O2S. The van der Waals surface area contributed by atoms with Crippen LogP contribution in [0.15, 0.2) is 47.6 Å². The van der Waals surface area contributed by atoms with Crippen molar-refractivity contribution in [1.29, 1.82) is 0 Å². The molecule has 5 rings (SSSR count). The third-order valence-electron chi connectivity index (χ3n) is 6.23. The fraction of sp³-hybridized carbons (Fsp3) is 0.381. The zero-order chi connectivity index (χ0) is 21.0. The highest BCUT2D eigenvalue weighted by molar-refractivity contribution is 7.90. The summed E-state index contributed by atoms with van der Waals surface area (Å²) in [7, 11) is -3.77. The Kier molecular flexibility index (Phi) is 4.41. The van der Waals surface area contributed by atoms with E-state index in [4.69, 9.17) is 5.73 Å². The van der Waals surface area contributed by atoms with Gasteiger partial charge in [0.25, 0.3) is 10.0 Å². The molecule has 0 unspecified atom stereocenters. The van der Waals surface area contributed by atoms with Gasteiger partial charge < -0.3 is 5.73 Å². The number of benzene rings is 1. The van der Waals surface area contributed by atoms with Crippen LogP contribution in [-0.2, 0) is 10.0 Å². The SMILES string of the molecule is CC[C@@H]1C[C@H](N)C[C@@H]1c1nnc2cnc3c(ccn3S(=O)(=O)c3ccc(C)cc3)n12. The third kappa shape index (κ3) is 2.84. The van der Waals surface area contributed by atoms with Gasteiger partial charge in [-0.25, -0.2) is 17.4 Å². The van der Waals surface area contributed by atoms with E-state index >= 15 is 0 Å². The Bertz CT molecular complexity index is 1340. The first-order chi connectivity index (χ1) is 14.4. The van der Waals surface area contributed by atoms with Gasteiger partial charge in [0.05, 0.1) is 16.6 Å². The summed E-state index contributed by atoms with van der Waals surface area (Å²) in [6.07, 6.45) is 5.96. The highest BCUT2D eigenvalue weighted by Gasteiger charge is 2.36. The molecule has 2 N–H and O–H groups in total. The second-order valence-electron chi connectivity index (χ2n) is 8.15. The van der Waals surface area contributed by atoms with Gasteiger partial charge >= 0.3 is 0 Å². The molecule has 3 aromatic heterocycles. The smallest absolute Gasteiger partial charge is 0.269 e. The molecule has 3 atom stereocenters. The van der Waals surface area contributed by atoms with Gasteiger partial charge in [0.15, 0.2) is 11.3 Å². The molecule has 1 saturated carbocycles. The number of hydrogen-bond donors (Lipinski definition) is 1. The average molecular weight is 425 g/mol. The molecule has 0 bridgehead atoms. The lowest BCUT2D eigenvalue weighted by atomic mass is 9.93. The molecule has 4 aromatic rings. The van der Waals surface area contributed by atoms with E-state index in [0.717, 1.165) is 30.7 Å². The van der Waals surface area contributed by atoms with Crippen molar-refractivity contribution in [2.45, 2.75) is 50.0 Å². The second kappa shape index (κ2) is 6.88. The van der Waals surface area contributed by atoms with Crippen LogP contribution >= 0.6 is 0 Å². The molecule has 1 fully saturated rings. The van der Waals surface area contributed by atoms with E-state index in [1.54, 1.807) is 42.7 Å². The van der Waals surface area contributed by atoms with E-state index in [2.05, 4.69) is 22.1 Å². The van der Waals surface area contributed by atoms with Gasteiger partial charge in [-0.2, -0.15) is 0 Å². The predicted octanol–water partition coefficient (Wildman–Crippen LogP) is 2.86. The lowest BCUT2D eigenvalue weighted by Gasteiger charge is -2.16. The predicted molar refractivity (Wildman–Crippen MR) is 114 cm³/mol. The van der Waals surface area contributed by atoms with Crippen molar-refractivity contribution in [3.05, 3.63) is 54.1 Å². The highest BCUT2D eigenvalue weighted by Crippen LogP contribution is 2.40. The van der Waals surface area contributed by atoms with Crippen LogP contribution in [0.25, 0.3) is 16.8 Å². The number of nitrogens with two attached hydrogens (primary N) is 1. The fourth-order valence-corrected chi connectivity index (χ4v) is 5.94. The Morgan fingerprint density at radius 1 is 1.13 bits per heavy atom. The van der Waals surface area contributed by atoms with E-state index in [1.165, 1.54) is 3.97 Å². The summed E-state index contributed by atoms with van der Waals surface area (Å²) in [6, 6.07) is 8.72. The maximum Gasteiger partial charge on any atom is 0.269 e. The number of nitrogens with zero attached hydrogens (tertiary/aromatic N) is 5. The largest absolute Gasteiger partial charge is 0.328 e. The highest BCUT2D eigenvalue weighted by atomic mass is 32.2.